The summed E-state index contributed by atoms with van der Waals surface area (Å²) in [6.07, 6.45) is -1.36. The average Bonchev–Trinajstić information content (AvgIpc) is 3.05. The number of amides is 1. The smallest absolute Gasteiger partial charge is 0.337 e. The molecule has 20 heavy (non-hydrogen) atoms. The maximum atomic E-state index is 12.7. The number of carbonyl (C=O) groups is 2. The second-order valence-electron chi connectivity index (χ2n) is 4.27. The molecule has 2 atom stereocenters. The Bertz CT molecular complexity index is 690. The van der Waals surface area contributed by atoms with Crippen molar-refractivity contribution in [3.8, 4) is 0 Å². The third-order valence-electron chi connectivity index (χ3n) is 2.75. The van der Waals surface area contributed by atoms with E-state index in [2.05, 4.69) is 15.9 Å². The number of hydrogen-bond donors (Lipinski definition) is 2. The van der Waals surface area contributed by atoms with Crippen molar-refractivity contribution in [1.82, 2.24) is 4.72 Å². The van der Waals surface area contributed by atoms with E-state index in [-0.39, 0.29) is 6.42 Å². The predicted octanol–water partition coefficient (Wildman–Crippen LogP) is 1.31. The molecule has 2 rings (SSSR count). The Labute approximate surface area is 122 Å². The van der Waals surface area contributed by atoms with E-state index in [1.807, 2.05) is 0 Å². The number of carboxylic acid groups (broad SMARTS) is 1. The van der Waals surface area contributed by atoms with Gasteiger partial charge in [0.2, 0.25) is 5.91 Å². The van der Waals surface area contributed by atoms with Crippen molar-refractivity contribution >= 4 is 37.8 Å². The zero-order valence-electron chi connectivity index (χ0n) is 9.84. The molecule has 0 aliphatic heterocycles. The van der Waals surface area contributed by atoms with E-state index in [4.69, 9.17) is 5.11 Å². The maximum absolute atomic E-state index is 12.7. The lowest BCUT2D eigenvalue weighted by Gasteiger charge is -2.09. The highest BCUT2D eigenvalue weighted by atomic mass is 79.9. The summed E-state index contributed by atoms with van der Waals surface area (Å²) in [7, 11) is -4.36. The predicted molar refractivity (Wildman–Crippen MR) is 69.4 cm³/mol. The van der Waals surface area contributed by atoms with Crippen LogP contribution < -0.4 is 4.72 Å². The molecular formula is C11H9BrFNO5S. The van der Waals surface area contributed by atoms with Crippen LogP contribution in [0.4, 0.5) is 4.39 Å². The van der Waals surface area contributed by atoms with E-state index in [9.17, 15) is 22.4 Å². The molecule has 0 radical (unpaired) electrons. The molecule has 2 unspecified atom stereocenters. The first-order chi connectivity index (χ1) is 9.22. The molecule has 1 aliphatic rings. The van der Waals surface area contributed by atoms with Crippen LogP contribution in [0.5, 0.6) is 0 Å². The van der Waals surface area contributed by atoms with Crippen LogP contribution in [0.25, 0.3) is 0 Å². The molecule has 0 spiro atoms. The molecule has 0 saturated heterocycles. The van der Waals surface area contributed by atoms with Gasteiger partial charge < -0.3 is 5.11 Å². The van der Waals surface area contributed by atoms with Gasteiger partial charge in [0.05, 0.1) is 11.5 Å². The fourth-order valence-corrected chi connectivity index (χ4v) is 3.36. The lowest BCUT2D eigenvalue weighted by Crippen LogP contribution is -2.33. The van der Waals surface area contributed by atoms with Gasteiger partial charge in [0.15, 0.2) is 0 Å². The summed E-state index contributed by atoms with van der Waals surface area (Å²) in [6.45, 7) is 0. The molecule has 1 amide bonds. The SMILES string of the molecule is O=C(O)c1ccc(Br)cc1S(=O)(=O)NC(=O)C1CC1F. The third kappa shape index (κ3) is 2.98. The van der Waals surface area contributed by atoms with Crippen LogP contribution in [0.2, 0.25) is 0 Å². The zero-order valence-corrected chi connectivity index (χ0v) is 12.2. The Kier molecular flexibility index (Phi) is 3.83. The van der Waals surface area contributed by atoms with Crippen molar-refractivity contribution in [2.45, 2.75) is 17.5 Å². The first kappa shape index (κ1) is 14.9. The first-order valence-electron chi connectivity index (χ1n) is 5.46. The van der Waals surface area contributed by atoms with Crippen molar-refractivity contribution in [2.75, 3.05) is 0 Å². The molecule has 0 heterocycles. The Morgan fingerprint density at radius 1 is 1.40 bits per heavy atom. The molecule has 1 fully saturated rings. The van der Waals surface area contributed by atoms with Gasteiger partial charge in [0.1, 0.15) is 11.1 Å². The van der Waals surface area contributed by atoms with E-state index in [1.54, 1.807) is 4.72 Å². The van der Waals surface area contributed by atoms with Crippen LogP contribution in [-0.2, 0) is 14.8 Å². The molecule has 0 aromatic heterocycles. The average molecular weight is 366 g/mol. The number of carbonyl (C=O) groups excluding carboxylic acids is 1. The number of aromatic carboxylic acids is 1. The van der Waals surface area contributed by atoms with Crippen molar-refractivity contribution in [3.63, 3.8) is 0 Å². The number of rotatable bonds is 4. The lowest BCUT2D eigenvalue weighted by atomic mass is 10.2. The van der Waals surface area contributed by atoms with E-state index in [0.29, 0.717) is 4.47 Å². The highest BCUT2D eigenvalue weighted by Gasteiger charge is 2.45. The van der Waals surface area contributed by atoms with Crippen molar-refractivity contribution < 1.29 is 27.5 Å². The summed E-state index contributed by atoms with van der Waals surface area (Å²) >= 11 is 3.02. The van der Waals surface area contributed by atoms with Gasteiger partial charge in [-0.1, -0.05) is 15.9 Å². The van der Waals surface area contributed by atoms with Crippen LogP contribution in [0.15, 0.2) is 27.6 Å². The molecule has 9 heteroatoms. The summed E-state index contributed by atoms with van der Waals surface area (Å²) in [5.74, 6) is -3.39. The van der Waals surface area contributed by atoms with Gasteiger partial charge in [-0.25, -0.2) is 22.3 Å². The third-order valence-corrected chi connectivity index (χ3v) is 4.63. The quantitative estimate of drug-likeness (QED) is 0.837. The molecule has 108 valence electrons. The van der Waals surface area contributed by atoms with E-state index in [1.165, 1.54) is 6.07 Å². The van der Waals surface area contributed by atoms with E-state index in [0.717, 1.165) is 12.1 Å². The summed E-state index contributed by atoms with van der Waals surface area (Å²) in [5, 5.41) is 8.97. The molecule has 6 nitrogen and oxygen atoms in total. The molecule has 1 aromatic carbocycles. The zero-order chi connectivity index (χ0) is 15.1. The number of sulfonamides is 1. The Morgan fingerprint density at radius 2 is 2.00 bits per heavy atom. The lowest BCUT2D eigenvalue weighted by molar-refractivity contribution is -0.120. The summed E-state index contributed by atoms with van der Waals surface area (Å²) in [4.78, 5) is 21.9. The van der Waals surface area contributed by atoms with Crippen LogP contribution in [-0.4, -0.2) is 31.6 Å². The first-order valence-corrected chi connectivity index (χ1v) is 7.73. The van der Waals surface area contributed by atoms with Gasteiger partial charge in [0, 0.05) is 4.47 Å². The Hall–Kier alpha value is -1.48. The van der Waals surface area contributed by atoms with Gasteiger partial charge in [-0.3, -0.25) is 4.79 Å². The number of alkyl halides is 1. The second-order valence-corrected chi connectivity index (χ2v) is 6.84. The fourth-order valence-electron chi connectivity index (χ4n) is 1.59. The molecular weight excluding hydrogens is 357 g/mol. The van der Waals surface area contributed by atoms with Gasteiger partial charge in [-0.05, 0) is 24.6 Å². The number of benzene rings is 1. The standard InChI is InChI=1S/C11H9BrFNO5S/c12-5-1-2-6(11(16)17)9(3-5)20(18,19)14-10(15)7-4-8(7)13/h1-3,7-8H,4H2,(H,14,15)(H,16,17). The van der Waals surface area contributed by atoms with Crippen molar-refractivity contribution in [2.24, 2.45) is 5.92 Å². The number of carboxylic acids is 1. The fraction of sp³-hybridized carbons (Fsp3) is 0.273. The number of halogens is 2. The molecule has 1 aliphatic carbocycles. The van der Waals surface area contributed by atoms with E-state index < -0.39 is 44.4 Å². The largest absolute Gasteiger partial charge is 0.478 e. The van der Waals surface area contributed by atoms with Gasteiger partial charge in [0.25, 0.3) is 10.0 Å². The van der Waals surface area contributed by atoms with Gasteiger partial charge >= 0.3 is 5.97 Å². The Morgan fingerprint density at radius 3 is 2.50 bits per heavy atom. The van der Waals surface area contributed by atoms with Crippen LogP contribution in [0.3, 0.4) is 0 Å². The topological polar surface area (TPSA) is 101 Å². The minimum atomic E-state index is -4.36. The van der Waals surface area contributed by atoms with Gasteiger partial charge in [-0.2, -0.15) is 0 Å². The Balaban J connectivity index is 2.36. The molecule has 1 saturated carbocycles. The maximum Gasteiger partial charge on any atom is 0.337 e. The molecule has 2 N–H and O–H groups in total. The summed E-state index contributed by atoms with van der Waals surface area (Å²) in [5.41, 5.74) is -0.471. The highest BCUT2D eigenvalue weighted by molar-refractivity contribution is 9.10. The monoisotopic (exact) mass is 365 g/mol. The second kappa shape index (κ2) is 5.13. The highest BCUT2D eigenvalue weighted by Crippen LogP contribution is 2.34. The minimum Gasteiger partial charge on any atom is -0.478 e. The summed E-state index contributed by atoms with van der Waals surface area (Å²) < 4.78 is 38.8. The van der Waals surface area contributed by atoms with Crippen LogP contribution in [0, 0.1) is 5.92 Å². The van der Waals surface area contributed by atoms with Crippen molar-refractivity contribution in [3.05, 3.63) is 28.2 Å². The van der Waals surface area contributed by atoms with Crippen LogP contribution in [0.1, 0.15) is 16.8 Å². The van der Waals surface area contributed by atoms with Crippen molar-refractivity contribution in [1.29, 1.82) is 0 Å². The van der Waals surface area contributed by atoms with Gasteiger partial charge in [-0.15, -0.1) is 0 Å². The molecule has 0 bridgehead atoms. The minimum absolute atomic E-state index is 0.0222. The number of hydrogen-bond acceptors (Lipinski definition) is 4. The normalized spacial score (nSPS) is 21.3. The van der Waals surface area contributed by atoms with E-state index >= 15 is 0 Å². The molecule has 1 aromatic rings. The number of nitrogens with one attached hydrogen (secondary N) is 1. The van der Waals surface area contributed by atoms with Crippen LogP contribution >= 0.6 is 15.9 Å². The summed E-state index contributed by atoms with van der Waals surface area (Å²) in [6, 6.07) is 3.53.